The zero-order valence-electron chi connectivity index (χ0n) is 20.8. The number of halogens is 3. The molecule has 2 atom stereocenters. The summed E-state index contributed by atoms with van der Waals surface area (Å²) in [6, 6.07) is 1.97. The van der Waals surface area contributed by atoms with Gasteiger partial charge in [0, 0.05) is 37.1 Å². The van der Waals surface area contributed by atoms with E-state index in [9.17, 15) is 4.79 Å². The minimum Gasteiger partial charge on any atom is -0.462 e. The molecular weight excluding hydrogens is 541 g/mol. The summed E-state index contributed by atoms with van der Waals surface area (Å²) in [5.74, 6) is -0.0200. The van der Waals surface area contributed by atoms with Crippen LogP contribution in [0.1, 0.15) is 40.5 Å². The van der Waals surface area contributed by atoms with Crippen molar-refractivity contribution < 1.29 is 18.7 Å². The highest BCUT2D eigenvalue weighted by atomic mass is 79.9. The number of aromatic nitrogens is 2. The van der Waals surface area contributed by atoms with Gasteiger partial charge in [-0.3, -0.25) is 0 Å². The predicted octanol–water partition coefficient (Wildman–Crippen LogP) is 5.10. The second kappa shape index (κ2) is 10.2. The van der Waals surface area contributed by atoms with Crippen molar-refractivity contribution in [3.05, 3.63) is 21.4 Å². The van der Waals surface area contributed by atoms with E-state index in [-0.39, 0.29) is 39.2 Å². The first kappa shape index (κ1) is 26.2. The number of anilines is 1. The van der Waals surface area contributed by atoms with Gasteiger partial charge in [0.1, 0.15) is 23.5 Å². The van der Waals surface area contributed by atoms with Crippen LogP contribution in [0, 0.1) is 5.82 Å². The highest BCUT2D eigenvalue weighted by Crippen LogP contribution is 2.37. The second-order valence-electron chi connectivity index (χ2n) is 10.3. The van der Waals surface area contributed by atoms with E-state index in [1.807, 2.05) is 32.6 Å². The van der Waals surface area contributed by atoms with Crippen LogP contribution < -0.4 is 9.64 Å². The Kier molecular flexibility index (Phi) is 7.64. The molecular formula is C24H32BrClFN5O3. The van der Waals surface area contributed by atoms with E-state index in [1.54, 1.807) is 11.0 Å². The number of likely N-dealkylation sites (tertiary alicyclic amines) is 1. The molecule has 2 aromatic rings. The van der Waals surface area contributed by atoms with E-state index < -0.39 is 11.4 Å². The number of fused-ring (bicyclic) bond motifs is 1. The molecule has 11 heteroatoms. The summed E-state index contributed by atoms with van der Waals surface area (Å²) < 4.78 is 26.9. The van der Waals surface area contributed by atoms with Crippen LogP contribution >= 0.6 is 27.5 Å². The molecule has 0 radical (unpaired) electrons. The summed E-state index contributed by atoms with van der Waals surface area (Å²) in [5, 5.41) is 0.736. The number of piperazine rings is 1. The van der Waals surface area contributed by atoms with Crippen LogP contribution in [0.25, 0.3) is 10.9 Å². The fourth-order valence-corrected chi connectivity index (χ4v) is 5.04. The molecule has 3 heterocycles. The zero-order valence-corrected chi connectivity index (χ0v) is 23.1. The van der Waals surface area contributed by atoms with Gasteiger partial charge >= 0.3 is 12.1 Å². The average molecular weight is 573 g/mol. The van der Waals surface area contributed by atoms with E-state index >= 15 is 4.39 Å². The molecule has 1 amide bonds. The molecule has 0 spiro atoms. The van der Waals surface area contributed by atoms with E-state index in [2.05, 4.69) is 32.9 Å². The van der Waals surface area contributed by atoms with Crippen molar-refractivity contribution in [2.75, 3.05) is 44.7 Å². The molecule has 192 valence electrons. The lowest BCUT2D eigenvalue weighted by Gasteiger charge is -2.41. The topological polar surface area (TPSA) is 71.0 Å². The number of ether oxygens (including phenoxy) is 2. The standard InChI is InChI=1S/C24H32BrClFN5O3/c1-14-12-31(23(33)35-24(2,3)4)9-10-32(14)21-16-11-17(26)18(25)19(27)20(16)28-22(29-21)34-13-15-7-6-8-30(15)5/h11,14-15H,6-10,12-13H2,1-5H3. The molecule has 0 saturated carbocycles. The molecule has 2 saturated heterocycles. The molecule has 2 fully saturated rings. The van der Waals surface area contributed by atoms with E-state index in [1.165, 1.54) is 0 Å². The largest absolute Gasteiger partial charge is 0.462 e. The Morgan fingerprint density at radius 1 is 1.29 bits per heavy atom. The quantitative estimate of drug-likeness (QED) is 0.472. The summed E-state index contributed by atoms with van der Waals surface area (Å²) in [6.07, 6.45) is 1.81. The first-order valence-corrected chi connectivity index (χ1v) is 13.0. The summed E-state index contributed by atoms with van der Waals surface area (Å²) in [6.45, 7) is 10.4. The van der Waals surface area contributed by atoms with E-state index in [4.69, 9.17) is 26.1 Å². The minimum atomic E-state index is -0.568. The number of amides is 1. The lowest BCUT2D eigenvalue weighted by atomic mass is 10.1. The second-order valence-corrected chi connectivity index (χ2v) is 11.5. The Hall–Kier alpha value is -1.91. The number of likely N-dealkylation sites (N-methyl/N-ethyl adjacent to an activating group) is 1. The van der Waals surface area contributed by atoms with Crippen LogP contribution in [0.15, 0.2) is 10.5 Å². The number of rotatable bonds is 4. The van der Waals surface area contributed by atoms with Crippen molar-refractivity contribution in [1.82, 2.24) is 19.8 Å². The van der Waals surface area contributed by atoms with Gasteiger partial charge in [0.05, 0.1) is 9.50 Å². The SMILES string of the molecule is CC1CN(C(=O)OC(C)(C)C)CCN1c1nc(OCC2CCCN2C)nc2c(F)c(Br)c(Cl)cc12. The highest BCUT2D eigenvalue weighted by Gasteiger charge is 2.32. The number of hydrogen-bond donors (Lipinski definition) is 0. The molecule has 0 bridgehead atoms. The maximum Gasteiger partial charge on any atom is 0.410 e. The van der Waals surface area contributed by atoms with Gasteiger partial charge in [-0.1, -0.05) is 11.6 Å². The maximum atomic E-state index is 15.2. The maximum absolute atomic E-state index is 15.2. The molecule has 2 unspecified atom stereocenters. The number of carbonyl (C=O) groups is 1. The number of carbonyl (C=O) groups excluding carboxylic acids is 1. The highest BCUT2D eigenvalue weighted by molar-refractivity contribution is 9.10. The molecule has 8 nitrogen and oxygen atoms in total. The molecule has 0 aliphatic carbocycles. The summed E-state index contributed by atoms with van der Waals surface area (Å²) in [5.41, 5.74) is -0.426. The predicted molar refractivity (Wildman–Crippen MR) is 138 cm³/mol. The molecule has 0 N–H and O–H groups in total. The van der Waals surface area contributed by atoms with Gasteiger partial charge in [-0.25, -0.2) is 9.18 Å². The van der Waals surface area contributed by atoms with Crippen molar-refractivity contribution >= 4 is 50.3 Å². The molecule has 35 heavy (non-hydrogen) atoms. The van der Waals surface area contributed by atoms with Crippen LogP contribution in [-0.4, -0.2) is 83.4 Å². The minimum absolute atomic E-state index is 0.103. The van der Waals surface area contributed by atoms with Gasteiger partial charge in [-0.05, 0) is 76.1 Å². The number of nitrogens with zero attached hydrogens (tertiary/aromatic N) is 5. The van der Waals surface area contributed by atoms with Crippen molar-refractivity contribution in [3.63, 3.8) is 0 Å². The van der Waals surface area contributed by atoms with Crippen LogP contribution in [0.3, 0.4) is 0 Å². The Balaban J connectivity index is 1.64. The smallest absolute Gasteiger partial charge is 0.410 e. The van der Waals surface area contributed by atoms with Gasteiger partial charge in [0.15, 0.2) is 5.82 Å². The van der Waals surface area contributed by atoms with Crippen LogP contribution in [0.2, 0.25) is 5.02 Å². The van der Waals surface area contributed by atoms with Crippen LogP contribution in [0.4, 0.5) is 15.0 Å². The Morgan fingerprint density at radius 2 is 2.03 bits per heavy atom. The zero-order chi connectivity index (χ0) is 25.5. The summed E-state index contributed by atoms with van der Waals surface area (Å²) >= 11 is 9.52. The summed E-state index contributed by atoms with van der Waals surface area (Å²) in [4.78, 5) is 27.7. The molecule has 4 rings (SSSR count). The van der Waals surface area contributed by atoms with Crippen molar-refractivity contribution in [2.24, 2.45) is 0 Å². The molecule has 2 aliphatic rings. The van der Waals surface area contributed by atoms with Gasteiger partial charge in [-0.15, -0.1) is 0 Å². The van der Waals surface area contributed by atoms with Gasteiger partial charge in [0.2, 0.25) is 0 Å². The number of hydrogen-bond acceptors (Lipinski definition) is 7. The van der Waals surface area contributed by atoms with Gasteiger partial charge in [0.25, 0.3) is 0 Å². The summed E-state index contributed by atoms with van der Waals surface area (Å²) in [7, 11) is 2.07. The third-order valence-corrected chi connectivity index (χ3v) is 7.72. The Labute approximate surface area is 218 Å². The fraction of sp³-hybridized carbons (Fsp3) is 0.625. The lowest BCUT2D eigenvalue weighted by molar-refractivity contribution is 0.0218. The average Bonchev–Trinajstić information content (AvgIpc) is 3.19. The third kappa shape index (κ3) is 5.75. The monoisotopic (exact) mass is 571 g/mol. The molecule has 1 aromatic heterocycles. The van der Waals surface area contributed by atoms with Crippen LogP contribution in [0.5, 0.6) is 6.01 Å². The van der Waals surface area contributed by atoms with Crippen molar-refractivity contribution in [2.45, 2.75) is 58.2 Å². The van der Waals surface area contributed by atoms with Crippen molar-refractivity contribution in [3.8, 4) is 6.01 Å². The molecule has 1 aromatic carbocycles. The first-order chi connectivity index (χ1) is 16.4. The van der Waals surface area contributed by atoms with E-state index in [0.717, 1.165) is 19.4 Å². The third-order valence-electron chi connectivity index (χ3n) is 6.41. The Bertz CT molecular complexity index is 1110. The van der Waals surface area contributed by atoms with Gasteiger partial charge in [-0.2, -0.15) is 9.97 Å². The van der Waals surface area contributed by atoms with Crippen LogP contribution in [-0.2, 0) is 4.74 Å². The van der Waals surface area contributed by atoms with E-state index in [0.29, 0.717) is 37.4 Å². The van der Waals surface area contributed by atoms with Crippen molar-refractivity contribution in [1.29, 1.82) is 0 Å². The van der Waals surface area contributed by atoms with Gasteiger partial charge < -0.3 is 24.2 Å². The molecule has 2 aliphatic heterocycles. The number of benzene rings is 1. The first-order valence-electron chi connectivity index (χ1n) is 11.9. The lowest BCUT2D eigenvalue weighted by Crippen LogP contribution is -2.55. The fourth-order valence-electron chi connectivity index (χ4n) is 4.55. The normalized spacial score (nSPS) is 21.6. The Morgan fingerprint density at radius 3 is 2.66 bits per heavy atom.